The van der Waals surface area contributed by atoms with Crippen LogP contribution in [0.1, 0.15) is 37.2 Å². The molecule has 0 spiro atoms. The number of rotatable bonds is 2. The van der Waals surface area contributed by atoms with E-state index in [0.29, 0.717) is 11.6 Å². The van der Waals surface area contributed by atoms with Gasteiger partial charge in [0.2, 0.25) is 0 Å². The second kappa shape index (κ2) is 5.06. The zero-order chi connectivity index (χ0) is 16.2. The Hall–Kier alpha value is -1.88. The Morgan fingerprint density at radius 2 is 1.96 bits per heavy atom. The third kappa shape index (κ3) is 2.17. The summed E-state index contributed by atoms with van der Waals surface area (Å²) < 4.78 is 1.78. The highest BCUT2D eigenvalue weighted by molar-refractivity contribution is 6.05. The smallest absolute Gasteiger partial charge is 0.272 e. The van der Waals surface area contributed by atoms with E-state index < -0.39 is 0 Å². The number of nitrogens with zero attached hydrogens (tertiary/aromatic N) is 3. The maximum Gasteiger partial charge on any atom is 0.272 e. The van der Waals surface area contributed by atoms with E-state index in [1.54, 1.807) is 4.68 Å². The zero-order valence-corrected chi connectivity index (χ0v) is 14.0. The molecule has 3 aliphatic heterocycles. The highest BCUT2D eigenvalue weighted by atomic mass is 16.2. The maximum absolute atomic E-state index is 12.9. The standard InChI is InChI=1S/C18H24N4O/c1-18(2)16(12-8-10-22(18)11-9-12)19-17(23)15-13-6-4-5-7-14(13)21(3)20-15/h4-7,12,16H,8-11H2,1-3H3,(H,19,23)/t16-/m0/s1. The molecule has 1 amide bonds. The van der Waals surface area contributed by atoms with Crippen molar-refractivity contribution in [2.75, 3.05) is 13.1 Å². The van der Waals surface area contributed by atoms with Gasteiger partial charge < -0.3 is 5.32 Å². The quantitative estimate of drug-likeness (QED) is 0.924. The number of hydrogen-bond acceptors (Lipinski definition) is 3. The monoisotopic (exact) mass is 312 g/mol. The van der Waals surface area contributed by atoms with E-state index in [2.05, 4.69) is 29.2 Å². The van der Waals surface area contributed by atoms with E-state index in [1.807, 2.05) is 31.3 Å². The van der Waals surface area contributed by atoms with Gasteiger partial charge in [0.05, 0.1) is 5.52 Å². The Bertz CT molecular complexity index is 755. The Morgan fingerprint density at radius 1 is 1.26 bits per heavy atom. The van der Waals surface area contributed by atoms with Gasteiger partial charge in [-0.05, 0) is 51.8 Å². The van der Waals surface area contributed by atoms with Crippen molar-refractivity contribution in [2.24, 2.45) is 13.0 Å². The summed E-state index contributed by atoms with van der Waals surface area (Å²) in [6.45, 7) is 6.80. The Kier molecular flexibility index (Phi) is 3.23. The van der Waals surface area contributed by atoms with Gasteiger partial charge in [0, 0.05) is 24.0 Å². The predicted octanol–water partition coefficient (Wildman–Crippen LogP) is 2.18. The van der Waals surface area contributed by atoms with E-state index in [1.165, 1.54) is 12.8 Å². The molecule has 3 aliphatic rings. The second-order valence-electron chi connectivity index (χ2n) is 7.42. The van der Waals surface area contributed by atoms with Gasteiger partial charge in [-0.15, -0.1) is 0 Å². The van der Waals surface area contributed by atoms with Crippen molar-refractivity contribution in [1.82, 2.24) is 20.0 Å². The molecule has 0 radical (unpaired) electrons. The fourth-order valence-corrected chi connectivity index (χ4v) is 4.47. The molecule has 1 atom stereocenters. The lowest BCUT2D eigenvalue weighted by atomic mass is 9.72. The molecule has 5 heteroatoms. The molecule has 1 aromatic heterocycles. The first-order valence-corrected chi connectivity index (χ1v) is 8.46. The van der Waals surface area contributed by atoms with Gasteiger partial charge in [-0.2, -0.15) is 5.10 Å². The number of amides is 1. The van der Waals surface area contributed by atoms with E-state index in [-0.39, 0.29) is 17.5 Å². The van der Waals surface area contributed by atoms with Crippen molar-refractivity contribution in [3.05, 3.63) is 30.0 Å². The van der Waals surface area contributed by atoms with Crippen molar-refractivity contribution in [2.45, 2.75) is 38.3 Å². The Labute approximate surface area is 136 Å². The number of hydrogen-bond donors (Lipinski definition) is 1. The first-order valence-electron chi connectivity index (χ1n) is 8.46. The normalized spacial score (nSPS) is 28.9. The third-order valence-electron chi connectivity index (χ3n) is 5.85. The van der Waals surface area contributed by atoms with Gasteiger partial charge >= 0.3 is 0 Å². The summed E-state index contributed by atoms with van der Waals surface area (Å²) in [5, 5.41) is 8.68. The van der Waals surface area contributed by atoms with Crippen LogP contribution in [-0.2, 0) is 7.05 Å². The van der Waals surface area contributed by atoms with Crippen molar-refractivity contribution in [1.29, 1.82) is 0 Å². The minimum Gasteiger partial charge on any atom is -0.346 e. The number of nitrogens with one attached hydrogen (secondary N) is 1. The molecule has 5 nitrogen and oxygen atoms in total. The summed E-state index contributed by atoms with van der Waals surface area (Å²) in [5.74, 6) is 0.530. The van der Waals surface area contributed by atoms with Gasteiger partial charge in [-0.25, -0.2) is 0 Å². The number of fused-ring (bicyclic) bond motifs is 4. The fraction of sp³-hybridized carbons (Fsp3) is 0.556. The summed E-state index contributed by atoms with van der Waals surface area (Å²) in [4.78, 5) is 15.4. The third-order valence-corrected chi connectivity index (χ3v) is 5.85. The Morgan fingerprint density at radius 3 is 2.65 bits per heavy atom. The number of aryl methyl sites for hydroxylation is 1. The van der Waals surface area contributed by atoms with Crippen LogP contribution < -0.4 is 5.32 Å². The van der Waals surface area contributed by atoms with Gasteiger partial charge in [0.15, 0.2) is 5.69 Å². The number of aromatic nitrogens is 2. The maximum atomic E-state index is 12.9. The minimum atomic E-state index is -0.0476. The molecule has 5 rings (SSSR count). The number of benzene rings is 1. The number of carbonyl (C=O) groups excluding carboxylic acids is 1. The number of para-hydroxylation sites is 1. The highest BCUT2D eigenvalue weighted by Crippen LogP contribution is 2.39. The zero-order valence-electron chi connectivity index (χ0n) is 14.0. The molecular formula is C18H24N4O. The van der Waals surface area contributed by atoms with E-state index in [9.17, 15) is 4.79 Å². The average molecular weight is 312 g/mol. The van der Waals surface area contributed by atoms with E-state index in [0.717, 1.165) is 24.0 Å². The number of carbonyl (C=O) groups is 1. The predicted molar refractivity (Wildman–Crippen MR) is 90.3 cm³/mol. The fourth-order valence-electron chi connectivity index (χ4n) is 4.47. The topological polar surface area (TPSA) is 50.2 Å². The molecule has 1 aromatic carbocycles. The molecular weight excluding hydrogens is 288 g/mol. The molecule has 23 heavy (non-hydrogen) atoms. The first kappa shape index (κ1) is 14.7. The van der Waals surface area contributed by atoms with Gasteiger partial charge in [-0.3, -0.25) is 14.4 Å². The molecule has 2 aromatic rings. The molecule has 2 bridgehead atoms. The molecule has 122 valence electrons. The first-order chi connectivity index (χ1) is 11.0. The van der Waals surface area contributed by atoms with Gasteiger partial charge in [0.25, 0.3) is 5.91 Å². The molecule has 0 aliphatic carbocycles. The molecule has 0 saturated carbocycles. The summed E-state index contributed by atoms with van der Waals surface area (Å²) in [6, 6.07) is 8.09. The minimum absolute atomic E-state index is 0.0153. The summed E-state index contributed by atoms with van der Waals surface area (Å²) in [7, 11) is 1.89. The molecule has 3 fully saturated rings. The van der Waals surface area contributed by atoms with Gasteiger partial charge in [0.1, 0.15) is 0 Å². The van der Waals surface area contributed by atoms with Crippen LogP contribution in [0.15, 0.2) is 24.3 Å². The molecule has 4 heterocycles. The van der Waals surface area contributed by atoms with Crippen LogP contribution in [0.5, 0.6) is 0 Å². The molecule has 1 N–H and O–H groups in total. The van der Waals surface area contributed by atoms with Crippen LogP contribution >= 0.6 is 0 Å². The summed E-state index contributed by atoms with van der Waals surface area (Å²) >= 11 is 0. The second-order valence-corrected chi connectivity index (χ2v) is 7.42. The summed E-state index contributed by atoms with van der Waals surface area (Å²) in [6.07, 6.45) is 2.36. The molecule has 3 saturated heterocycles. The lowest BCUT2D eigenvalue weighted by Crippen LogP contribution is -2.69. The van der Waals surface area contributed by atoms with Crippen LogP contribution in [0, 0.1) is 5.92 Å². The van der Waals surface area contributed by atoms with E-state index in [4.69, 9.17) is 0 Å². The molecule has 0 unspecified atom stereocenters. The lowest BCUT2D eigenvalue weighted by molar-refractivity contribution is -0.0378. The van der Waals surface area contributed by atoms with Crippen molar-refractivity contribution in [3.63, 3.8) is 0 Å². The van der Waals surface area contributed by atoms with Crippen molar-refractivity contribution >= 4 is 16.8 Å². The van der Waals surface area contributed by atoms with Crippen molar-refractivity contribution in [3.8, 4) is 0 Å². The van der Waals surface area contributed by atoms with Crippen molar-refractivity contribution < 1.29 is 4.79 Å². The van der Waals surface area contributed by atoms with E-state index >= 15 is 0 Å². The SMILES string of the molecule is Cn1nc(C(=O)N[C@H]2C3CCN(CC3)C2(C)C)c2ccccc21. The Balaban J connectivity index is 1.65. The largest absolute Gasteiger partial charge is 0.346 e. The van der Waals surface area contributed by atoms with Crippen LogP contribution in [0.4, 0.5) is 0 Å². The van der Waals surface area contributed by atoms with Gasteiger partial charge in [-0.1, -0.05) is 18.2 Å². The van der Waals surface area contributed by atoms with Crippen LogP contribution in [0.3, 0.4) is 0 Å². The average Bonchev–Trinajstić information content (AvgIpc) is 2.89. The van der Waals surface area contributed by atoms with Crippen LogP contribution in [0.25, 0.3) is 10.9 Å². The van der Waals surface area contributed by atoms with Crippen LogP contribution in [-0.4, -0.2) is 45.3 Å². The van der Waals surface area contributed by atoms with Crippen LogP contribution in [0.2, 0.25) is 0 Å². The number of piperidine rings is 3. The lowest BCUT2D eigenvalue weighted by Gasteiger charge is -2.56. The summed E-state index contributed by atoms with van der Waals surface area (Å²) in [5.41, 5.74) is 1.54. The highest BCUT2D eigenvalue weighted by Gasteiger charge is 2.48.